The second-order valence-electron chi connectivity index (χ2n) is 4.03. The van der Waals surface area contributed by atoms with Crippen molar-refractivity contribution in [3.05, 3.63) is 34.3 Å². The van der Waals surface area contributed by atoms with E-state index >= 15 is 0 Å². The van der Waals surface area contributed by atoms with Gasteiger partial charge in [0.05, 0.1) is 6.42 Å². The number of carbonyl (C=O) groups is 1. The van der Waals surface area contributed by atoms with E-state index in [1.54, 1.807) is 0 Å². The number of rotatable bonds is 2. The van der Waals surface area contributed by atoms with Crippen molar-refractivity contribution in [2.24, 2.45) is 0 Å². The van der Waals surface area contributed by atoms with Crippen LogP contribution in [0.5, 0.6) is 0 Å². The summed E-state index contributed by atoms with van der Waals surface area (Å²) in [6, 6.07) is 7.92. The van der Waals surface area contributed by atoms with Crippen LogP contribution in [-0.2, 0) is 11.2 Å². The molecule has 1 amide bonds. The predicted molar refractivity (Wildman–Crippen MR) is 71.8 cm³/mol. The fraction of sp³-hybridized carbons (Fsp3) is 0.417. The first kappa shape index (κ1) is 12.1. The molecule has 2 rings (SSSR count). The highest BCUT2D eigenvalue weighted by Gasteiger charge is 2.23. The normalized spacial score (nSPS) is 20.1. The van der Waals surface area contributed by atoms with Crippen LogP contribution in [0, 0.1) is 0 Å². The van der Waals surface area contributed by atoms with Crippen LogP contribution in [0.1, 0.15) is 12.0 Å². The van der Waals surface area contributed by atoms with Gasteiger partial charge in [-0.15, -0.1) is 0 Å². The minimum Gasteiger partial charge on any atom is -0.341 e. The van der Waals surface area contributed by atoms with Gasteiger partial charge >= 0.3 is 0 Å². The van der Waals surface area contributed by atoms with Crippen LogP contribution >= 0.6 is 31.9 Å². The molecule has 1 fully saturated rings. The molecule has 0 N–H and O–H groups in total. The van der Waals surface area contributed by atoms with E-state index in [2.05, 4.69) is 31.9 Å². The van der Waals surface area contributed by atoms with E-state index in [0.29, 0.717) is 11.2 Å². The molecule has 16 heavy (non-hydrogen) atoms. The van der Waals surface area contributed by atoms with Gasteiger partial charge in [0, 0.05) is 22.4 Å². The fourth-order valence-corrected chi connectivity index (χ4v) is 2.88. The molecule has 1 aliphatic heterocycles. The minimum atomic E-state index is 0.222. The number of hydrogen-bond acceptors (Lipinski definition) is 1. The second kappa shape index (κ2) is 5.32. The molecule has 0 spiro atoms. The van der Waals surface area contributed by atoms with Gasteiger partial charge in [0.2, 0.25) is 5.91 Å². The average Bonchev–Trinajstić information content (AvgIpc) is 2.65. The van der Waals surface area contributed by atoms with Crippen molar-refractivity contribution in [3.8, 4) is 0 Å². The van der Waals surface area contributed by atoms with Gasteiger partial charge in [-0.2, -0.15) is 0 Å². The Morgan fingerprint density at radius 3 is 2.94 bits per heavy atom. The Kier molecular flexibility index (Phi) is 4.03. The Morgan fingerprint density at radius 1 is 1.50 bits per heavy atom. The van der Waals surface area contributed by atoms with E-state index in [9.17, 15) is 4.79 Å². The summed E-state index contributed by atoms with van der Waals surface area (Å²) >= 11 is 6.96. The summed E-state index contributed by atoms with van der Waals surface area (Å²) in [6.45, 7) is 1.72. The lowest BCUT2D eigenvalue weighted by Gasteiger charge is -2.15. The molecule has 1 aliphatic rings. The van der Waals surface area contributed by atoms with Crippen LogP contribution in [0.15, 0.2) is 28.7 Å². The van der Waals surface area contributed by atoms with E-state index in [-0.39, 0.29) is 5.91 Å². The molecule has 0 aromatic heterocycles. The monoisotopic (exact) mass is 345 g/mol. The number of alkyl halides is 1. The highest BCUT2D eigenvalue weighted by Crippen LogP contribution is 2.18. The van der Waals surface area contributed by atoms with Gasteiger partial charge in [0.25, 0.3) is 0 Å². The standard InChI is InChI=1S/C12H13Br2NO/c13-10-3-1-2-9(6-10)7-12(16)15-5-4-11(14)8-15/h1-3,6,11H,4-5,7-8H2. The van der Waals surface area contributed by atoms with E-state index in [1.807, 2.05) is 29.2 Å². The molecule has 1 unspecified atom stereocenters. The van der Waals surface area contributed by atoms with Crippen LogP contribution < -0.4 is 0 Å². The summed E-state index contributed by atoms with van der Waals surface area (Å²) in [5.41, 5.74) is 1.07. The zero-order chi connectivity index (χ0) is 11.5. The zero-order valence-electron chi connectivity index (χ0n) is 8.83. The molecule has 1 atom stereocenters. The van der Waals surface area contributed by atoms with Crippen molar-refractivity contribution in [3.63, 3.8) is 0 Å². The molecule has 0 bridgehead atoms. The average molecular weight is 347 g/mol. The van der Waals surface area contributed by atoms with Crippen molar-refractivity contribution in [2.45, 2.75) is 17.7 Å². The second-order valence-corrected chi connectivity index (χ2v) is 6.24. The lowest BCUT2D eigenvalue weighted by Crippen LogP contribution is -2.30. The van der Waals surface area contributed by atoms with Crippen LogP contribution in [0.4, 0.5) is 0 Å². The molecular weight excluding hydrogens is 334 g/mol. The predicted octanol–water partition coefficient (Wildman–Crippen LogP) is 2.99. The van der Waals surface area contributed by atoms with Crippen molar-refractivity contribution >= 4 is 37.8 Å². The number of carbonyl (C=O) groups excluding carboxylic acids is 1. The van der Waals surface area contributed by atoms with Gasteiger partial charge in [-0.1, -0.05) is 44.0 Å². The Balaban J connectivity index is 1.97. The van der Waals surface area contributed by atoms with E-state index in [4.69, 9.17) is 0 Å². The molecule has 1 aromatic carbocycles. The number of amides is 1. The van der Waals surface area contributed by atoms with Crippen molar-refractivity contribution < 1.29 is 4.79 Å². The van der Waals surface area contributed by atoms with Gasteiger partial charge in [0.15, 0.2) is 0 Å². The third-order valence-corrected chi connectivity index (χ3v) is 3.97. The third kappa shape index (κ3) is 3.08. The smallest absolute Gasteiger partial charge is 0.227 e. The van der Waals surface area contributed by atoms with Gasteiger partial charge < -0.3 is 4.90 Å². The lowest BCUT2D eigenvalue weighted by atomic mass is 10.1. The molecule has 2 nitrogen and oxygen atoms in total. The first-order chi connectivity index (χ1) is 7.65. The van der Waals surface area contributed by atoms with E-state index in [1.165, 1.54) is 0 Å². The maximum Gasteiger partial charge on any atom is 0.227 e. The summed E-state index contributed by atoms with van der Waals surface area (Å²) in [6.07, 6.45) is 1.56. The molecule has 86 valence electrons. The Bertz CT molecular complexity index is 394. The summed E-state index contributed by atoms with van der Waals surface area (Å²) in [4.78, 5) is 14.4. The van der Waals surface area contributed by atoms with Crippen LogP contribution in [0.3, 0.4) is 0 Å². The molecule has 0 aliphatic carbocycles. The molecule has 1 saturated heterocycles. The first-order valence-electron chi connectivity index (χ1n) is 5.31. The third-order valence-electron chi connectivity index (χ3n) is 2.73. The van der Waals surface area contributed by atoms with E-state index in [0.717, 1.165) is 29.5 Å². The number of hydrogen-bond donors (Lipinski definition) is 0. The number of halogens is 2. The quantitative estimate of drug-likeness (QED) is 0.754. The maximum atomic E-state index is 12.0. The number of likely N-dealkylation sites (tertiary alicyclic amines) is 1. The Hall–Kier alpha value is -0.350. The zero-order valence-corrected chi connectivity index (χ0v) is 12.0. The Morgan fingerprint density at radius 2 is 2.31 bits per heavy atom. The Labute approximate surface area is 112 Å². The van der Waals surface area contributed by atoms with Crippen molar-refractivity contribution in [1.29, 1.82) is 0 Å². The highest BCUT2D eigenvalue weighted by atomic mass is 79.9. The molecule has 0 radical (unpaired) electrons. The van der Waals surface area contributed by atoms with Gasteiger partial charge in [-0.3, -0.25) is 4.79 Å². The molecule has 1 heterocycles. The number of benzene rings is 1. The molecule has 0 saturated carbocycles. The maximum absolute atomic E-state index is 12.0. The van der Waals surface area contributed by atoms with Gasteiger partial charge in [-0.25, -0.2) is 0 Å². The number of nitrogens with zero attached hydrogens (tertiary/aromatic N) is 1. The van der Waals surface area contributed by atoms with Crippen LogP contribution in [0.25, 0.3) is 0 Å². The van der Waals surface area contributed by atoms with Gasteiger partial charge in [0.1, 0.15) is 0 Å². The van der Waals surface area contributed by atoms with Crippen LogP contribution in [0.2, 0.25) is 0 Å². The molecule has 1 aromatic rings. The van der Waals surface area contributed by atoms with E-state index < -0.39 is 0 Å². The SMILES string of the molecule is O=C(Cc1cccc(Br)c1)N1CCC(Br)C1. The topological polar surface area (TPSA) is 20.3 Å². The van der Waals surface area contributed by atoms with Gasteiger partial charge in [-0.05, 0) is 24.1 Å². The fourth-order valence-electron chi connectivity index (χ4n) is 1.88. The summed E-state index contributed by atoms with van der Waals surface area (Å²) in [5.74, 6) is 0.222. The minimum absolute atomic E-state index is 0.222. The summed E-state index contributed by atoms with van der Waals surface area (Å²) < 4.78 is 1.03. The lowest BCUT2D eigenvalue weighted by molar-refractivity contribution is -0.129. The summed E-state index contributed by atoms with van der Waals surface area (Å²) in [7, 11) is 0. The van der Waals surface area contributed by atoms with Crippen molar-refractivity contribution in [1.82, 2.24) is 4.90 Å². The summed E-state index contributed by atoms with van der Waals surface area (Å²) in [5, 5.41) is 0. The first-order valence-corrected chi connectivity index (χ1v) is 7.02. The largest absolute Gasteiger partial charge is 0.341 e. The molecule has 4 heteroatoms. The van der Waals surface area contributed by atoms with Crippen LogP contribution in [-0.4, -0.2) is 28.7 Å². The van der Waals surface area contributed by atoms with Crippen molar-refractivity contribution in [2.75, 3.05) is 13.1 Å². The molecular formula is C12H13Br2NO. The highest BCUT2D eigenvalue weighted by molar-refractivity contribution is 9.10.